The van der Waals surface area contributed by atoms with Crippen molar-refractivity contribution in [1.82, 2.24) is 9.97 Å². The van der Waals surface area contributed by atoms with Crippen molar-refractivity contribution in [3.05, 3.63) is 40.9 Å². The number of aryl methyl sites for hydroxylation is 1. The Morgan fingerprint density at radius 1 is 1.43 bits per heavy atom. The standard InChI is InChI=1S/C14H12ClFN2O3/c1-3-20-14(19)21-11-7-17-13(18-12(11)15)9-5-4-8(2)10(16)6-9/h4-7H,3H2,1-2H3. The second kappa shape index (κ2) is 6.49. The van der Waals surface area contributed by atoms with E-state index >= 15 is 0 Å². The summed E-state index contributed by atoms with van der Waals surface area (Å²) in [6.45, 7) is 3.48. The van der Waals surface area contributed by atoms with E-state index in [0.717, 1.165) is 0 Å². The zero-order valence-electron chi connectivity index (χ0n) is 11.4. The molecule has 0 atom stereocenters. The molecule has 0 unspecified atom stereocenters. The third-order valence-corrected chi connectivity index (χ3v) is 2.87. The SMILES string of the molecule is CCOC(=O)Oc1cnc(-c2ccc(C)c(F)c2)nc1Cl. The number of hydrogen-bond acceptors (Lipinski definition) is 5. The number of carbonyl (C=O) groups is 1. The van der Waals surface area contributed by atoms with Gasteiger partial charge in [-0.1, -0.05) is 23.7 Å². The average molecular weight is 311 g/mol. The summed E-state index contributed by atoms with van der Waals surface area (Å²) in [6, 6.07) is 4.60. The van der Waals surface area contributed by atoms with Gasteiger partial charge in [-0.3, -0.25) is 0 Å². The van der Waals surface area contributed by atoms with Gasteiger partial charge in [0.25, 0.3) is 0 Å². The van der Waals surface area contributed by atoms with E-state index in [2.05, 4.69) is 14.7 Å². The Morgan fingerprint density at radius 2 is 2.19 bits per heavy atom. The zero-order chi connectivity index (χ0) is 15.4. The molecule has 0 amide bonds. The van der Waals surface area contributed by atoms with E-state index in [9.17, 15) is 9.18 Å². The van der Waals surface area contributed by atoms with Crippen molar-refractivity contribution >= 4 is 17.8 Å². The van der Waals surface area contributed by atoms with Crippen LogP contribution in [-0.2, 0) is 4.74 Å². The van der Waals surface area contributed by atoms with Gasteiger partial charge in [-0.15, -0.1) is 0 Å². The van der Waals surface area contributed by atoms with Crippen molar-refractivity contribution in [2.24, 2.45) is 0 Å². The summed E-state index contributed by atoms with van der Waals surface area (Å²) < 4.78 is 23.0. The summed E-state index contributed by atoms with van der Waals surface area (Å²) in [5, 5.41) is -0.0611. The van der Waals surface area contributed by atoms with E-state index in [-0.39, 0.29) is 29.2 Å². The Bertz CT molecular complexity index is 679. The highest BCUT2D eigenvalue weighted by Gasteiger charge is 2.13. The largest absolute Gasteiger partial charge is 0.513 e. The van der Waals surface area contributed by atoms with Crippen molar-refractivity contribution in [3.8, 4) is 17.1 Å². The molecule has 1 aromatic heterocycles. The summed E-state index contributed by atoms with van der Waals surface area (Å²) >= 11 is 5.92. The van der Waals surface area contributed by atoms with E-state index in [1.807, 2.05) is 0 Å². The lowest BCUT2D eigenvalue weighted by Crippen LogP contribution is -2.11. The number of carbonyl (C=O) groups excluding carboxylic acids is 1. The van der Waals surface area contributed by atoms with Gasteiger partial charge in [-0.05, 0) is 25.5 Å². The number of halogens is 2. The van der Waals surface area contributed by atoms with Crippen molar-refractivity contribution < 1.29 is 18.7 Å². The molecule has 0 spiro atoms. The highest BCUT2D eigenvalue weighted by atomic mass is 35.5. The van der Waals surface area contributed by atoms with Gasteiger partial charge in [-0.25, -0.2) is 19.2 Å². The van der Waals surface area contributed by atoms with Gasteiger partial charge in [0.1, 0.15) is 5.82 Å². The maximum atomic E-state index is 13.5. The first-order valence-electron chi connectivity index (χ1n) is 6.15. The minimum Gasteiger partial charge on any atom is -0.434 e. The highest BCUT2D eigenvalue weighted by molar-refractivity contribution is 6.31. The molecule has 1 heterocycles. The maximum Gasteiger partial charge on any atom is 0.513 e. The van der Waals surface area contributed by atoms with Gasteiger partial charge in [0, 0.05) is 5.56 Å². The Balaban J connectivity index is 2.26. The topological polar surface area (TPSA) is 61.3 Å². The molecule has 21 heavy (non-hydrogen) atoms. The van der Waals surface area contributed by atoms with E-state index in [0.29, 0.717) is 11.1 Å². The van der Waals surface area contributed by atoms with Crippen LogP contribution < -0.4 is 4.74 Å². The molecular formula is C14H12ClFN2O3. The van der Waals surface area contributed by atoms with Crippen LogP contribution in [0.5, 0.6) is 5.75 Å². The molecule has 110 valence electrons. The fourth-order valence-electron chi connectivity index (χ4n) is 1.53. The quantitative estimate of drug-likeness (QED) is 0.637. The third kappa shape index (κ3) is 3.66. The van der Waals surface area contributed by atoms with Crippen LogP contribution in [0.3, 0.4) is 0 Å². The molecule has 0 N–H and O–H groups in total. The van der Waals surface area contributed by atoms with Crippen LogP contribution >= 0.6 is 11.6 Å². The van der Waals surface area contributed by atoms with Crippen molar-refractivity contribution in [2.75, 3.05) is 6.61 Å². The number of ether oxygens (including phenoxy) is 2. The molecule has 0 saturated carbocycles. The Kier molecular flexibility index (Phi) is 4.70. The molecule has 7 heteroatoms. The van der Waals surface area contributed by atoms with E-state index in [1.165, 1.54) is 12.3 Å². The molecule has 0 bridgehead atoms. The van der Waals surface area contributed by atoms with Crippen LogP contribution in [0.25, 0.3) is 11.4 Å². The van der Waals surface area contributed by atoms with Crippen LogP contribution in [0.2, 0.25) is 5.15 Å². The molecular weight excluding hydrogens is 299 g/mol. The lowest BCUT2D eigenvalue weighted by Gasteiger charge is -2.07. The van der Waals surface area contributed by atoms with Crippen LogP contribution in [0.4, 0.5) is 9.18 Å². The van der Waals surface area contributed by atoms with Crippen molar-refractivity contribution in [1.29, 1.82) is 0 Å². The second-order valence-electron chi connectivity index (χ2n) is 4.10. The molecule has 0 aliphatic rings. The molecule has 0 aliphatic heterocycles. The number of hydrogen-bond donors (Lipinski definition) is 0. The molecule has 1 aromatic carbocycles. The van der Waals surface area contributed by atoms with Crippen molar-refractivity contribution in [3.63, 3.8) is 0 Å². The monoisotopic (exact) mass is 310 g/mol. The predicted molar refractivity (Wildman–Crippen MR) is 74.8 cm³/mol. The minimum absolute atomic E-state index is 0.0218. The van der Waals surface area contributed by atoms with E-state index in [1.54, 1.807) is 26.0 Å². The minimum atomic E-state index is -0.892. The summed E-state index contributed by atoms with van der Waals surface area (Å²) in [7, 11) is 0. The van der Waals surface area contributed by atoms with Gasteiger partial charge in [0.2, 0.25) is 0 Å². The summed E-state index contributed by atoms with van der Waals surface area (Å²) in [5.74, 6) is -0.152. The zero-order valence-corrected chi connectivity index (χ0v) is 12.1. The van der Waals surface area contributed by atoms with E-state index in [4.69, 9.17) is 16.3 Å². The van der Waals surface area contributed by atoms with Crippen LogP contribution in [0.15, 0.2) is 24.4 Å². The van der Waals surface area contributed by atoms with Crippen molar-refractivity contribution in [2.45, 2.75) is 13.8 Å². The number of rotatable bonds is 3. The first-order chi connectivity index (χ1) is 10.0. The lowest BCUT2D eigenvalue weighted by atomic mass is 10.1. The maximum absolute atomic E-state index is 13.5. The highest BCUT2D eigenvalue weighted by Crippen LogP contribution is 2.25. The fourth-order valence-corrected chi connectivity index (χ4v) is 1.69. The number of nitrogens with zero attached hydrogens (tertiary/aromatic N) is 2. The van der Waals surface area contributed by atoms with Gasteiger partial charge in [0.05, 0.1) is 12.8 Å². The summed E-state index contributed by atoms with van der Waals surface area (Å²) in [4.78, 5) is 19.2. The molecule has 0 aliphatic carbocycles. The lowest BCUT2D eigenvalue weighted by molar-refractivity contribution is 0.104. The first kappa shape index (κ1) is 15.2. The second-order valence-corrected chi connectivity index (χ2v) is 4.46. The number of benzene rings is 1. The van der Waals surface area contributed by atoms with E-state index < -0.39 is 6.16 Å². The van der Waals surface area contributed by atoms with Crippen LogP contribution in [-0.4, -0.2) is 22.7 Å². The first-order valence-corrected chi connectivity index (χ1v) is 6.52. The molecule has 2 rings (SSSR count). The molecule has 0 saturated heterocycles. The normalized spacial score (nSPS) is 10.3. The predicted octanol–water partition coefficient (Wildman–Crippen LogP) is 3.78. The Labute approximate surface area is 125 Å². The van der Waals surface area contributed by atoms with Gasteiger partial charge < -0.3 is 9.47 Å². The van der Waals surface area contributed by atoms with Gasteiger partial charge >= 0.3 is 6.16 Å². The van der Waals surface area contributed by atoms with Gasteiger partial charge in [0.15, 0.2) is 16.7 Å². The Morgan fingerprint density at radius 3 is 2.81 bits per heavy atom. The third-order valence-electron chi connectivity index (χ3n) is 2.60. The van der Waals surface area contributed by atoms with Crippen LogP contribution in [0.1, 0.15) is 12.5 Å². The average Bonchev–Trinajstić information content (AvgIpc) is 2.44. The fraction of sp³-hybridized carbons (Fsp3) is 0.214. The number of aromatic nitrogens is 2. The van der Waals surface area contributed by atoms with Crippen LogP contribution in [0, 0.1) is 12.7 Å². The smallest absolute Gasteiger partial charge is 0.434 e. The summed E-state index contributed by atoms with van der Waals surface area (Å²) in [5.41, 5.74) is 0.995. The molecule has 2 aromatic rings. The Hall–Kier alpha value is -2.21. The molecule has 0 radical (unpaired) electrons. The summed E-state index contributed by atoms with van der Waals surface area (Å²) in [6.07, 6.45) is 0.344. The van der Waals surface area contributed by atoms with Gasteiger partial charge in [-0.2, -0.15) is 0 Å². The molecule has 0 fully saturated rings. The molecule has 5 nitrogen and oxygen atoms in total.